The van der Waals surface area contributed by atoms with Crippen molar-refractivity contribution in [2.45, 2.75) is 13.5 Å². The number of fused-ring (bicyclic) bond motifs is 1. The van der Waals surface area contributed by atoms with Gasteiger partial charge in [-0.2, -0.15) is 5.26 Å². The fraction of sp³-hybridized carbons (Fsp3) is 0.176. The third-order valence-electron chi connectivity index (χ3n) is 3.23. The lowest BCUT2D eigenvalue weighted by Gasteiger charge is -2.07. The van der Waals surface area contributed by atoms with Crippen LogP contribution in [0.1, 0.15) is 18.4 Å². The highest BCUT2D eigenvalue weighted by atomic mass is 16.5. The number of rotatable bonds is 5. The molecule has 3 aromatic rings. The summed E-state index contributed by atoms with van der Waals surface area (Å²) < 4.78 is 13.0. The molecule has 0 N–H and O–H groups in total. The van der Waals surface area contributed by atoms with Gasteiger partial charge in [-0.15, -0.1) is 0 Å². The van der Waals surface area contributed by atoms with Crippen molar-refractivity contribution in [1.29, 1.82) is 5.26 Å². The summed E-state index contributed by atoms with van der Waals surface area (Å²) in [4.78, 5) is 4.32. The fourth-order valence-electron chi connectivity index (χ4n) is 2.23. The van der Waals surface area contributed by atoms with Gasteiger partial charge >= 0.3 is 0 Å². The number of ether oxygens (including phenoxy) is 2. The molecule has 0 spiro atoms. The topological polar surface area (TPSA) is 59.5 Å². The van der Waals surface area contributed by atoms with Crippen molar-refractivity contribution in [3.8, 4) is 17.6 Å². The molecule has 0 bridgehead atoms. The second-order valence-electron chi connectivity index (χ2n) is 4.64. The lowest BCUT2D eigenvalue weighted by Crippen LogP contribution is -2.01. The van der Waals surface area contributed by atoms with Crippen LogP contribution in [-0.4, -0.2) is 16.0 Å². The molecule has 0 saturated heterocycles. The number of hydrogen-bond acceptors (Lipinski definition) is 4. The number of benzene rings is 1. The zero-order valence-corrected chi connectivity index (χ0v) is 12.2. The average molecular weight is 293 g/mol. The molecule has 0 atom stereocenters. The van der Waals surface area contributed by atoms with Crippen molar-refractivity contribution in [2.75, 3.05) is 6.61 Å². The van der Waals surface area contributed by atoms with Crippen molar-refractivity contribution in [3.63, 3.8) is 0 Å². The predicted molar refractivity (Wildman–Crippen MR) is 81.9 cm³/mol. The molecule has 3 rings (SSSR count). The summed E-state index contributed by atoms with van der Waals surface area (Å²) in [5, 5.41) is 9.13. The van der Waals surface area contributed by atoms with Crippen LogP contribution >= 0.6 is 0 Å². The Hall–Kier alpha value is -3.00. The van der Waals surface area contributed by atoms with Crippen molar-refractivity contribution < 1.29 is 9.47 Å². The van der Waals surface area contributed by atoms with Crippen LogP contribution in [0.15, 0.2) is 48.7 Å². The zero-order chi connectivity index (χ0) is 15.4. The molecular formula is C17H15N3O2. The van der Waals surface area contributed by atoms with Crippen LogP contribution in [0.2, 0.25) is 0 Å². The Bertz CT molecular complexity index is 816. The lowest BCUT2D eigenvalue weighted by molar-refractivity contribution is 0.293. The summed E-state index contributed by atoms with van der Waals surface area (Å²) in [5.74, 6) is 2.24. The second kappa shape index (κ2) is 6.19. The number of aromatic nitrogens is 2. The number of imidazole rings is 1. The summed E-state index contributed by atoms with van der Waals surface area (Å²) in [5.41, 5.74) is 1.20. The van der Waals surface area contributed by atoms with Crippen LogP contribution in [0.5, 0.6) is 11.5 Å². The number of nitriles is 1. The van der Waals surface area contributed by atoms with Gasteiger partial charge in [-0.25, -0.2) is 4.98 Å². The van der Waals surface area contributed by atoms with Crippen molar-refractivity contribution >= 4 is 5.52 Å². The number of nitrogens with zero attached hydrogens (tertiary/aromatic N) is 3. The Morgan fingerprint density at radius 3 is 2.50 bits per heavy atom. The summed E-state index contributed by atoms with van der Waals surface area (Å²) in [7, 11) is 0. The standard InChI is InChI=1S/C17H15N3O2/c1-2-21-13-6-8-14(9-7-13)22-12-17-19-15(11-18)16-5-3-4-10-20(16)17/h3-10H,2,12H2,1H3. The average Bonchev–Trinajstić information content (AvgIpc) is 2.93. The highest BCUT2D eigenvalue weighted by Crippen LogP contribution is 2.19. The first kappa shape index (κ1) is 14.0. The SMILES string of the molecule is CCOc1ccc(OCc2nc(C#N)c3ccccn23)cc1. The van der Waals surface area contributed by atoms with Crippen LogP contribution in [0, 0.1) is 11.3 Å². The fourth-order valence-corrected chi connectivity index (χ4v) is 2.23. The third kappa shape index (κ3) is 2.72. The van der Waals surface area contributed by atoms with Gasteiger partial charge in [0.1, 0.15) is 24.2 Å². The minimum Gasteiger partial charge on any atom is -0.494 e. The van der Waals surface area contributed by atoms with E-state index in [2.05, 4.69) is 11.1 Å². The van der Waals surface area contributed by atoms with Gasteiger partial charge in [0.25, 0.3) is 0 Å². The molecule has 5 heteroatoms. The maximum atomic E-state index is 9.13. The van der Waals surface area contributed by atoms with Gasteiger partial charge in [0.2, 0.25) is 0 Å². The first-order chi connectivity index (χ1) is 10.8. The van der Waals surface area contributed by atoms with E-state index in [1.165, 1.54) is 0 Å². The molecule has 2 heterocycles. The normalized spacial score (nSPS) is 10.4. The van der Waals surface area contributed by atoms with Crippen molar-refractivity contribution in [1.82, 2.24) is 9.38 Å². The van der Waals surface area contributed by atoms with Crippen LogP contribution in [0.4, 0.5) is 0 Å². The second-order valence-corrected chi connectivity index (χ2v) is 4.64. The molecule has 110 valence electrons. The van der Waals surface area contributed by atoms with Gasteiger partial charge in [-0.3, -0.25) is 4.40 Å². The highest BCUT2D eigenvalue weighted by molar-refractivity contribution is 5.58. The summed E-state index contributed by atoms with van der Waals surface area (Å²) in [6.45, 7) is 2.87. The summed E-state index contributed by atoms with van der Waals surface area (Å²) >= 11 is 0. The van der Waals surface area contributed by atoms with Gasteiger partial charge in [-0.1, -0.05) is 6.07 Å². The van der Waals surface area contributed by atoms with E-state index < -0.39 is 0 Å². The molecule has 1 aromatic carbocycles. The molecule has 0 saturated carbocycles. The van der Waals surface area contributed by atoms with Crippen molar-refractivity contribution in [2.24, 2.45) is 0 Å². The summed E-state index contributed by atoms with van der Waals surface area (Å²) in [6, 6.07) is 15.2. The third-order valence-corrected chi connectivity index (χ3v) is 3.23. The Labute approximate surface area is 128 Å². The van der Waals surface area contributed by atoms with Gasteiger partial charge in [-0.05, 0) is 43.3 Å². The summed E-state index contributed by atoms with van der Waals surface area (Å²) in [6.07, 6.45) is 1.88. The molecule has 0 unspecified atom stereocenters. The van der Waals surface area contributed by atoms with Gasteiger partial charge in [0.05, 0.1) is 12.1 Å². The first-order valence-electron chi connectivity index (χ1n) is 7.03. The minimum atomic E-state index is 0.293. The van der Waals surface area contributed by atoms with E-state index in [1.54, 1.807) is 0 Å². The molecule has 5 nitrogen and oxygen atoms in total. The maximum absolute atomic E-state index is 9.13. The van der Waals surface area contributed by atoms with E-state index in [0.717, 1.165) is 17.0 Å². The number of hydrogen-bond donors (Lipinski definition) is 0. The van der Waals surface area contributed by atoms with E-state index in [1.807, 2.05) is 60.0 Å². The molecule has 0 fully saturated rings. The highest BCUT2D eigenvalue weighted by Gasteiger charge is 2.10. The van der Waals surface area contributed by atoms with Crippen LogP contribution in [0.3, 0.4) is 0 Å². The smallest absolute Gasteiger partial charge is 0.166 e. The molecule has 0 aliphatic heterocycles. The first-order valence-corrected chi connectivity index (χ1v) is 7.03. The lowest BCUT2D eigenvalue weighted by atomic mass is 10.3. The van der Waals surface area contributed by atoms with Gasteiger partial charge in [0.15, 0.2) is 11.5 Å². The molecule has 0 amide bonds. The van der Waals surface area contributed by atoms with Crippen LogP contribution in [0.25, 0.3) is 5.52 Å². The quantitative estimate of drug-likeness (QED) is 0.725. The molecule has 0 aliphatic rings. The number of pyridine rings is 1. The van der Waals surface area contributed by atoms with Crippen LogP contribution < -0.4 is 9.47 Å². The molecule has 22 heavy (non-hydrogen) atoms. The monoisotopic (exact) mass is 293 g/mol. The Kier molecular flexibility index (Phi) is 3.92. The molecular weight excluding hydrogens is 278 g/mol. The predicted octanol–water partition coefficient (Wildman–Crippen LogP) is 3.18. The minimum absolute atomic E-state index is 0.293. The largest absolute Gasteiger partial charge is 0.494 e. The van der Waals surface area contributed by atoms with Gasteiger partial charge in [0, 0.05) is 6.20 Å². The van der Waals surface area contributed by atoms with Gasteiger partial charge < -0.3 is 9.47 Å². The van der Waals surface area contributed by atoms with E-state index in [0.29, 0.717) is 24.7 Å². The molecule has 0 radical (unpaired) electrons. The van der Waals surface area contributed by atoms with E-state index in [9.17, 15) is 0 Å². The maximum Gasteiger partial charge on any atom is 0.166 e. The Morgan fingerprint density at radius 2 is 1.82 bits per heavy atom. The van der Waals surface area contributed by atoms with E-state index in [-0.39, 0.29) is 0 Å². The van der Waals surface area contributed by atoms with Crippen molar-refractivity contribution in [3.05, 3.63) is 60.2 Å². The van der Waals surface area contributed by atoms with Crippen LogP contribution in [-0.2, 0) is 6.61 Å². The Balaban J connectivity index is 1.78. The Morgan fingerprint density at radius 1 is 1.09 bits per heavy atom. The molecule has 0 aliphatic carbocycles. The van der Waals surface area contributed by atoms with E-state index in [4.69, 9.17) is 14.7 Å². The molecule has 2 aromatic heterocycles. The zero-order valence-electron chi connectivity index (χ0n) is 12.2. The van der Waals surface area contributed by atoms with E-state index >= 15 is 0 Å².